The summed E-state index contributed by atoms with van der Waals surface area (Å²) < 4.78 is 28.2. The summed E-state index contributed by atoms with van der Waals surface area (Å²) in [4.78, 5) is 11.9. The van der Waals surface area contributed by atoms with Gasteiger partial charge in [-0.2, -0.15) is 0 Å². The summed E-state index contributed by atoms with van der Waals surface area (Å²) in [6, 6.07) is 2.25. The van der Waals surface area contributed by atoms with E-state index in [4.69, 9.17) is 38.6 Å². The van der Waals surface area contributed by atoms with E-state index in [9.17, 15) is 13.2 Å². The van der Waals surface area contributed by atoms with Crippen LogP contribution in [-0.4, -0.2) is 33.1 Å². The van der Waals surface area contributed by atoms with Gasteiger partial charge in [0.1, 0.15) is 4.90 Å². The van der Waals surface area contributed by atoms with E-state index in [2.05, 4.69) is 5.32 Å². The summed E-state index contributed by atoms with van der Waals surface area (Å²) in [7, 11) is 1.21. The van der Waals surface area contributed by atoms with E-state index in [0.29, 0.717) is 13.0 Å². The lowest BCUT2D eigenvalue weighted by atomic mass is 10.1. The van der Waals surface area contributed by atoms with Gasteiger partial charge in [0, 0.05) is 17.3 Å². The monoisotopic (exact) mass is 371 g/mol. The van der Waals surface area contributed by atoms with Crippen molar-refractivity contribution in [1.82, 2.24) is 5.32 Å². The molecule has 0 aliphatic carbocycles. The average Bonchev–Trinajstić information content (AvgIpc) is 2.73. The predicted octanol–water partition coefficient (Wildman–Crippen LogP) is 2.83. The van der Waals surface area contributed by atoms with Gasteiger partial charge in [0.2, 0.25) is 0 Å². The molecule has 1 fully saturated rings. The van der Waals surface area contributed by atoms with Crippen molar-refractivity contribution in [2.24, 2.45) is 0 Å². The molecule has 0 spiro atoms. The fourth-order valence-electron chi connectivity index (χ4n) is 2.09. The number of nitrogens with one attached hydrogen (secondary N) is 1. The van der Waals surface area contributed by atoms with E-state index in [0.717, 1.165) is 6.07 Å². The molecule has 1 amide bonds. The van der Waals surface area contributed by atoms with E-state index < -0.39 is 15.0 Å². The molecule has 0 saturated carbocycles. The Balaban J connectivity index is 2.36. The van der Waals surface area contributed by atoms with Gasteiger partial charge in [-0.3, -0.25) is 4.79 Å². The van der Waals surface area contributed by atoms with E-state index in [1.165, 1.54) is 6.07 Å². The summed E-state index contributed by atoms with van der Waals surface area (Å²) in [5.74, 6) is -0.561. The number of carbonyl (C=O) groups is 1. The number of benzene rings is 1. The minimum absolute atomic E-state index is 0.0492. The summed E-state index contributed by atoms with van der Waals surface area (Å²) >= 11 is 11.9. The Kier molecular flexibility index (Phi) is 5.05. The van der Waals surface area contributed by atoms with Crippen LogP contribution in [0.1, 0.15) is 23.7 Å². The van der Waals surface area contributed by atoms with Gasteiger partial charge in [0.05, 0.1) is 27.8 Å². The number of ether oxygens (including phenoxy) is 1. The Labute approximate surface area is 136 Å². The highest BCUT2D eigenvalue weighted by molar-refractivity contribution is 8.13. The first-order valence-corrected chi connectivity index (χ1v) is 9.13. The Morgan fingerprint density at radius 2 is 2.05 bits per heavy atom. The predicted molar refractivity (Wildman–Crippen MR) is 80.8 cm³/mol. The van der Waals surface area contributed by atoms with Crippen molar-refractivity contribution in [3.05, 3.63) is 27.7 Å². The van der Waals surface area contributed by atoms with Crippen LogP contribution in [0.3, 0.4) is 0 Å². The smallest absolute Gasteiger partial charge is 0.262 e. The first kappa shape index (κ1) is 16.8. The molecule has 21 heavy (non-hydrogen) atoms. The highest BCUT2D eigenvalue weighted by Crippen LogP contribution is 2.33. The van der Waals surface area contributed by atoms with Crippen LogP contribution in [-0.2, 0) is 13.8 Å². The highest BCUT2D eigenvalue weighted by Gasteiger charge is 2.29. The maximum atomic E-state index is 12.3. The second-order valence-electron chi connectivity index (χ2n) is 4.62. The van der Waals surface area contributed by atoms with Crippen molar-refractivity contribution in [1.29, 1.82) is 0 Å². The van der Waals surface area contributed by atoms with Crippen LogP contribution in [0, 0.1) is 0 Å². The van der Waals surface area contributed by atoms with Gasteiger partial charge in [-0.15, -0.1) is 0 Å². The molecule has 1 N–H and O–H groups in total. The molecule has 0 bridgehead atoms. The second kappa shape index (κ2) is 6.30. The zero-order valence-corrected chi connectivity index (χ0v) is 14.0. The number of hydrogen-bond acceptors (Lipinski definition) is 4. The normalized spacial score (nSPS) is 22.3. The molecule has 1 aromatic carbocycles. The van der Waals surface area contributed by atoms with Crippen molar-refractivity contribution in [2.75, 3.05) is 6.61 Å². The van der Waals surface area contributed by atoms with Gasteiger partial charge < -0.3 is 10.1 Å². The molecule has 1 aromatic rings. The maximum absolute atomic E-state index is 12.3. The zero-order chi connectivity index (χ0) is 15.8. The van der Waals surface area contributed by atoms with E-state index in [1.807, 2.05) is 6.92 Å². The van der Waals surface area contributed by atoms with Gasteiger partial charge >= 0.3 is 0 Å². The summed E-state index contributed by atoms with van der Waals surface area (Å²) in [5.41, 5.74) is -0.112. The molecule has 2 atom stereocenters. The SMILES string of the molecule is CC1OCCC1NC(=O)c1c(Cl)ccc(S(=O)(=O)Cl)c1Cl. The lowest BCUT2D eigenvalue weighted by Gasteiger charge is -2.17. The number of carbonyl (C=O) groups excluding carboxylic acids is 1. The van der Waals surface area contributed by atoms with Crippen LogP contribution in [0.25, 0.3) is 0 Å². The fraction of sp³-hybridized carbons (Fsp3) is 0.417. The van der Waals surface area contributed by atoms with Crippen LogP contribution in [0.4, 0.5) is 0 Å². The molecule has 1 aliphatic rings. The molecule has 1 heterocycles. The van der Waals surface area contributed by atoms with Crippen molar-refractivity contribution in [3.8, 4) is 0 Å². The number of rotatable bonds is 3. The minimum Gasteiger partial charge on any atom is -0.376 e. The molecular formula is C12H12Cl3NO4S. The van der Waals surface area contributed by atoms with Gasteiger partial charge in [0.15, 0.2) is 0 Å². The van der Waals surface area contributed by atoms with E-state index in [-0.39, 0.29) is 32.7 Å². The molecule has 116 valence electrons. The van der Waals surface area contributed by atoms with Crippen molar-refractivity contribution in [2.45, 2.75) is 30.4 Å². The molecule has 1 aliphatic heterocycles. The van der Waals surface area contributed by atoms with Gasteiger partial charge in [-0.25, -0.2) is 8.42 Å². The Morgan fingerprint density at radius 1 is 1.38 bits per heavy atom. The van der Waals surface area contributed by atoms with Crippen molar-refractivity contribution >= 4 is 48.8 Å². The molecule has 2 unspecified atom stereocenters. The molecule has 9 heteroatoms. The van der Waals surface area contributed by atoms with Crippen LogP contribution in [0.2, 0.25) is 10.0 Å². The number of halogens is 3. The van der Waals surface area contributed by atoms with Crippen molar-refractivity contribution in [3.63, 3.8) is 0 Å². The summed E-state index contributed by atoms with van der Waals surface area (Å²) in [6.45, 7) is 2.38. The Morgan fingerprint density at radius 3 is 2.57 bits per heavy atom. The van der Waals surface area contributed by atoms with Crippen LogP contribution >= 0.6 is 33.9 Å². The van der Waals surface area contributed by atoms with Crippen molar-refractivity contribution < 1.29 is 17.9 Å². The Hall–Kier alpha value is -0.530. The lowest BCUT2D eigenvalue weighted by Crippen LogP contribution is -2.39. The van der Waals surface area contributed by atoms with Crippen LogP contribution in [0.5, 0.6) is 0 Å². The summed E-state index contributed by atoms with van der Waals surface area (Å²) in [6.07, 6.45) is 0.529. The first-order chi connectivity index (χ1) is 9.71. The molecule has 0 radical (unpaired) electrons. The number of hydrogen-bond donors (Lipinski definition) is 1. The number of amides is 1. The second-order valence-corrected chi connectivity index (χ2v) is 7.94. The van der Waals surface area contributed by atoms with Crippen LogP contribution in [0.15, 0.2) is 17.0 Å². The van der Waals surface area contributed by atoms with E-state index >= 15 is 0 Å². The van der Waals surface area contributed by atoms with E-state index in [1.54, 1.807) is 0 Å². The molecule has 2 rings (SSSR count). The third-order valence-electron chi connectivity index (χ3n) is 3.24. The maximum Gasteiger partial charge on any atom is 0.262 e. The zero-order valence-electron chi connectivity index (χ0n) is 10.9. The van der Waals surface area contributed by atoms with Gasteiger partial charge in [-0.1, -0.05) is 23.2 Å². The summed E-state index contributed by atoms with van der Waals surface area (Å²) in [5, 5.41) is 2.49. The average molecular weight is 373 g/mol. The molecule has 0 aromatic heterocycles. The van der Waals surface area contributed by atoms with Gasteiger partial charge in [-0.05, 0) is 25.5 Å². The lowest BCUT2D eigenvalue weighted by molar-refractivity contribution is 0.0866. The Bertz CT molecular complexity index is 677. The van der Waals surface area contributed by atoms with Gasteiger partial charge in [0.25, 0.3) is 15.0 Å². The molecule has 5 nitrogen and oxygen atoms in total. The largest absolute Gasteiger partial charge is 0.376 e. The third-order valence-corrected chi connectivity index (χ3v) is 5.42. The van der Waals surface area contributed by atoms with Crippen LogP contribution < -0.4 is 5.32 Å². The highest BCUT2D eigenvalue weighted by atomic mass is 35.7. The quantitative estimate of drug-likeness (QED) is 0.828. The molecule has 1 saturated heterocycles. The minimum atomic E-state index is -4.07. The fourth-order valence-corrected chi connectivity index (χ4v) is 3.99. The molecular weight excluding hydrogens is 361 g/mol. The topological polar surface area (TPSA) is 72.5 Å². The standard InChI is InChI=1S/C12H12Cl3NO4S/c1-6-8(4-5-20-6)16-12(17)10-7(13)2-3-9(11(10)14)21(15,18)19/h2-3,6,8H,4-5H2,1H3,(H,16,17). The first-order valence-electron chi connectivity index (χ1n) is 6.07. The third kappa shape index (κ3) is 3.63.